The molecule has 0 aliphatic heterocycles. The molecule has 0 bridgehead atoms. The van der Waals surface area contributed by atoms with Gasteiger partial charge in [-0.1, -0.05) is 12.1 Å². The molecule has 2 aromatic rings. The van der Waals surface area contributed by atoms with Crippen LogP contribution in [0.1, 0.15) is 0 Å². The van der Waals surface area contributed by atoms with Crippen LogP contribution in [-0.4, -0.2) is 8.42 Å². The van der Waals surface area contributed by atoms with Crippen LogP contribution in [0.4, 0.5) is 20.2 Å². The van der Waals surface area contributed by atoms with Crippen molar-refractivity contribution < 1.29 is 17.2 Å². The maximum Gasteiger partial charge on any atom is 0.263 e. The SMILES string of the molecule is Nc1ccccc1S(=O)(=O)Nc1ccc(F)c(F)c1. The Morgan fingerprint density at radius 2 is 1.68 bits per heavy atom. The van der Waals surface area contributed by atoms with E-state index in [1.165, 1.54) is 18.2 Å². The standard InChI is InChI=1S/C12H10F2N2O2S/c13-9-6-5-8(7-10(9)14)16-19(17,18)12-4-2-1-3-11(12)15/h1-7,16H,15H2. The quantitative estimate of drug-likeness (QED) is 0.850. The average Bonchev–Trinajstić information content (AvgIpc) is 2.34. The Morgan fingerprint density at radius 3 is 2.32 bits per heavy atom. The van der Waals surface area contributed by atoms with E-state index in [2.05, 4.69) is 4.72 Å². The minimum Gasteiger partial charge on any atom is -0.398 e. The average molecular weight is 284 g/mol. The van der Waals surface area contributed by atoms with Gasteiger partial charge in [-0.25, -0.2) is 17.2 Å². The van der Waals surface area contributed by atoms with E-state index in [1.807, 2.05) is 0 Å². The van der Waals surface area contributed by atoms with Crippen molar-refractivity contribution in [3.8, 4) is 0 Å². The molecular weight excluding hydrogens is 274 g/mol. The van der Waals surface area contributed by atoms with Crippen LogP contribution >= 0.6 is 0 Å². The lowest BCUT2D eigenvalue weighted by atomic mass is 10.3. The molecule has 0 unspecified atom stereocenters. The molecule has 0 saturated heterocycles. The number of anilines is 2. The highest BCUT2D eigenvalue weighted by Crippen LogP contribution is 2.22. The van der Waals surface area contributed by atoms with Crippen LogP contribution in [0.3, 0.4) is 0 Å². The number of benzene rings is 2. The monoisotopic (exact) mass is 284 g/mol. The smallest absolute Gasteiger partial charge is 0.263 e. The minimum absolute atomic E-state index is 0.0672. The molecule has 0 aliphatic carbocycles. The zero-order valence-corrected chi connectivity index (χ0v) is 10.4. The van der Waals surface area contributed by atoms with E-state index in [4.69, 9.17) is 5.73 Å². The van der Waals surface area contributed by atoms with Gasteiger partial charge in [-0.15, -0.1) is 0 Å². The van der Waals surface area contributed by atoms with Crippen LogP contribution < -0.4 is 10.5 Å². The Morgan fingerprint density at radius 1 is 1.00 bits per heavy atom. The fourth-order valence-electron chi connectivity index (χ4n) is 1.50. The number of hydrogen-bond donors (Lipinski definition) is 2. The van der Waals surface area contributed by atoms with Crippen LogP contribution in [0, 0.1) is 11.6 Å². The number of para-hydroxylation sites is 1. The van der Waals surface area contributed by atoms with Crippen molar-refractivity contribution in [2.45, 2.75) is 4.90 Å². The van der Waals surface area contributed by atoms with Crippen molar-refractivity contribution in [2.75, 3.05) is 10.5 Å². The summed E-state index contributed by atoms with van der Waals surface area (Å²) >= 11 is 0. The topological polar surface area (TPSA) is 72.2 Å². The molecule has 0 aliphatic rings. The van der Waals surface area contributed by atoms with Gasteiger partial charge in [-0.05, 0) is 24.3 Å². The van der Waals surface area contributed by atoms with E-state index in [0.717, 1.165) is 18.2 Å². The second-order valence-electron chi connectivity index (χ2n) is 3.77. The largest absolute Gasteiger partial charge is 0.398 e. The second kappa shape index (κ2) is 4.85. The summed E-state index contributed by atoms with van der Waals surface area (Å²) in [5.41, 5.74) is 5.55. The maximum atomic E-state index is 13.0. The summed E-state index contributed by atoms with van der Waals surface area (Å²) in [7, 11) is -3.94. The summed E-state index contributed by atoms with van der Waals surface area (Å²) in [5.74, 6) is -2.19. The Kier molecular flexibility index (Phi) is 3.39. The summed E-state index contributed by atoms with van der Waals surface area (Å²) in [6.45, 7) is 0. The number of nitrogens with two attached hydrogens (primary N) is 1. The molecule has 0 spiro atoms. The summed E-state index contributed by atoms with van der Waals surface area (Å²) in [4.78, 5) is -0.125. The van der Waals surface area contributed by atoms with Gasteiger partial charge < -0.3 is 5.73 Å². The number of sulfonamides is 1. The Bertz CT molecular complexity index is 717. The van der Waals surface area contributed by atoms with Crippen LogP contribution in [-0.2, 0) is 10.0 Å². The maximum absolute atomic E-state index is 13.0. The van der Waals surface area contributed by atoms with E-state index in [-0.39, 0.29) is 16.3 Å². The molecule has 7 heteroatoms. The molecule has 0 radical (unpaired) electrons. The lowest BCUT2D eigenvalue weighted by Gasteiger charge is -2.10. The van der Waals surface area contributed by atoms with Gasteiger partial charge >= 0.3 is 0 Å². The molecule has 3 N–H and O–H groups in total. The van der Waals surface area contributed by atoms with Gasteiger partial charge in [0, 0.05) is 6.07 Å². The first-order valence-electron chi connectivity index (χ1n) is 5.22. The van der Waals surface area contributed by atoms with Crippen molar-refractivity contribution in [2.24, 2.45) is 0 Å². The van der Waals surface area contributed by atoms with Gasteiger partial charge in [0.25, 0.3) is 10.0 Å². The van der Waals surface area contributed by atoms with Crippen molar-refractivity contribution in [1.82, 2.24) is 0 Å². The van der Waals surface area contributed by atoms with Gasteiger partial charge in [0.2, 0.25) is 0 Å². The normalized spacial score (nSPS) is 11.3. The van der Waals surface area contributed by atoms with Gasteiger partial charge in [-0.2, -0.15) is 0 Å². The second-order valence-corrected chi connectivity index (χ2v) is 5.42. The molecule has 0 amide bonds. The molecule has 0 saturated carbocycles. The molecule has 0 heterocycles. The van der Waals surface area contributed by atoms with Crippen molar-refractivity contribution >= 4 is 21.4 Å². The number of nitrogens with one attached hydrogen (secondary N) is 1. The van der Waals surface area contributed by atoms with Gasteiger partial charge in [0.1, 0.15) is 4.90 Å². The number of nitrogen functional groups attached to an aromatic ring is 1. The molecule has 100 valence electrons. The van der Waals surface area contributed by atoms with Crippen LogP contribution in [0.25, 0.3) is 0 Å². The first-order valence-corrected chi connectivity index (χ1v) is 6.71. The molecular formula is C12H10F2N2O2S. The summed E-state index contributed by atoms with van der Waals surface area (Å²) in [5, 5.41) is 0. The van der Waals surface area contributed by atoms with E-state index in [9.17, 15) is 17.2 Å². The van der Waals surface area contributed by atoms with Crippen molar-refractivity contribution in [3.05, 3.63) is 54.1 Å². The predicted molar refractivity (Wildman–Crippen MR) is 68.0 cm³/mol. The molecule has 2 rings (SSSR count). The van der Waals surface area contributed by atoms with Crippen LogP contribution in [0.5, 0.6) is 0 Å². The number of rotatable bonds is 3. The first kappa shape index (κ1) is 13.3. The highest BCUT2D eigenvalue weighted by atomic mass is 32.2. The minimum atomic E-state index is -3.94. The van der Waals surface area contributed by atoms with E-state index >= 15 is 0 Å². The van der Waals surface area contributed by atoms with Gasteiger partial charge in [-0.3, -0.25) is 4.72 Å². The van der Waals surface area contributed by atoms with E-state index < -0.39 is 21.7 Å². The third kappa shape index (κ3) is 2.82. The summed E-state index contributed by atoms with van der Waals surface area (Å²) < 4.78 is 51.9. The van der Waals surface area contributed by atoms with Crippen molar-refractivity contribution in [3.63, 3.8) is 0 Å². The van der Waals surface area contributed by atoms with E-state index in [0.29, 0.717) is 0 Å². The molecule has 0 fully saturated rings. The highest BCUT2D eigenvalue weighted by Gasteiger charge is 2.17. The molecule has 19 heavy (non-hydrogen) atoms. The van der Waals surface area contributed by atoms with Crippen molar-refractivity contribution in [1.29, 1.82) is 0 Å². The Hall–Kier alpha value is -2.15. The zero-order valence-electron chi connectivity index (χ0n) is 9.60. The third-order valence-electron chi connectivity index (χ3n) is 2.38. The van der Waals surface area contributed by atoms with Gasteiger partial charge in [0.15, 0.2) is 11.6 Å². The summed E-state index contributed by atoms with van der Waals surface area (Å²) in [6.07, 6.45) is 0. The zero-order chi connectivity index (χ0) is 14.0. The predicted octanol–water partition coefficient (Wildman–Crippen LogP) is 2.35. The lowest BCUT2D eigenvalue weighted by molar-refractivity contribution is 0.509. The Balaban J connectivity index is 2.37. The fraction of sp³-hybridized carbons (Fsp3) is 0. The third-order valence-corrected chi connectivity index (χ3v) is 3.84. The number of halogens is 2. The lowest BCUT2D eigenvalue weighted by Crippen LogP contribution is -2.14. The molecule has 0 atom stereocenters. The van der Waals surface area contributed by atoms with E-state index in [1.54, 1.807) is 6.07 Å². The molecule has 4 nitrogen and oxygen atoms in total. The van der Waals surface area contributed by atoms with Gasteiger partial charge in [0.05, 0.1) is 11.4 Å². The number of hydrogen-bond acceptors (Lipinski definition) is 3. The van der Waals surface area contributed by atoms with Crippen LogP contribution in [0.2, 0.25) is 0 Å². The van der Waals surface area contributed by atoms with Crippen LogP contribution in [0.15, 0.2) is 47.4 Å². The highest BCUT2D eigenvalue weighted by molar-refractivity contribution is 7.92. The summed E-state index contributed by atoms with van der Waals surface area (Å²) in [6, 6.07) is 8.56. The molecule has 2 aromatic carbocycles. The fourth-order valence-corrected chi connectivity index (χ4v) is 2.68. The Labute approximate surface area is 108 Å². The molecule has 0 aromatic heterocycles. The first-order chi connectivity index (χ1) is 8.90.